The number of para-hydroxylation sites is 1. The number of nitrogens with one attached hydrogen (secondary N) is 1. The fourth-order valence-corrected chi connectivity index (χ4v) is 2.89. The summed E-state index contributed by atoms with van der Waals surface area (Å²) in [6, 6.07) is 7.36. The van der Waals surface area contributed by atoms with Gasteiger partial charge in [-0.3, -0.25) is 9.59 Å². The third-order valence-corrected chi connectivity index (χ3v) is 4.46. The van der Waals surface area contributed by atoms with E-state index in [2.05, 4.69) is 5.32 Å². The van der Waals surface area contributed by atoms with E-state index in [1.807, 2.05) is 25.1 Å². The van der Waals surface area contributed by atoms with Crippen LogP contribution in [0.1, 0.15) is 29.0 Å². The summed E-state index contributed by atoms with van der Waals surface area (Å²) in [4.78, 5) is 23.9. The molecule has 0 spiro atoms. The van der Waals surface area contributed by atoms with Crippen LogP contribution in [0.5, 0.6) is 0 Å². The molecular weight excluding hydrogens is 298 g/mol. The highest BCUT2D eigenvalue weighted by atomic mass is 16.5. The molecule has 3 rings (SSSR count). The van der Waals surface area contributed by atoms with Crippen LogP contribution in [0, 0.1) is 12.3 Å². The second kappa shape index (κ2) is 6.04. The first-order chi connectivity index (χ1) is 11.0. The molecule has 0 saturated carbocycles. The van der Waals surface area contributed by atoms with E-state index < -0.39 is 17.3 Å². The van der Waals surface area contributed by atoms with E-state index in [1.165, 1.54) is 0 Å². The normalized spacial score (nSPS) is 17.1. The van der Waals surface area contributed by atoms with E-state index in [4.69, 9.17) is 9.15 Å². The highest BCUT2D eigenvalue weighted by Crippen LogP contribution is 2.30. The lowest BCUT2D eigenvalue weighted by molar-refractivity contribution is -0.154. The van der Waals surface area contributed by atoms with E-state index in [1.54, 1.807) is 6.07 Å². The van der Waals surface area contributed by atoms with Gasteiger partial charge >= 0.3 is 5.97 Å². The van der Waals surface area contributed by atoms with Gasteiger partial charge in [-0.2, -0.15) is 0 Å². The molecule has 2 heterocycles. The van der Waals surface area contributed by atoms with Crippen molar-refractivity contribution >= 4 is 22.8 Å². The fraction of sp³-hybridized carbons (Fsp3) is 0.412. The van der Waals surface area contributed by atoms with Crippen molar-refractivity contribution in [2.24, 2.45) is 5.41 Å². The Morgan fingerprint density at radius 2 is 2.04 bits per heavy atom. The summed E-state index contributed by atoms with van der Waals surface area (Å²) in [7, 11) is 0. The van der Waals surface area contributed by atoms with Crippen LogP contribution < -0.4 is 5.32 Å². The van der Waals surface area contributed by atoms with Gasteiger partial charge < -0.3 is 19.6 Å². The van der Waals surface area contributed by atoms with Crippen LogP contribution in [0.4, 0.5) is 0 Å². The smallest absolute Gasteiger partial charge is 0.311 e. The molecule has 122 valence electrons. The van der Waals surface area contributed by atoms with Crippen LogP contribution in [0.15, 0.2) is 28.7 Å². The first-order valence-electron chi connectivity index (χ1n) is 7.60. The summed E-state index contributed by atoms with van der Waals surface area (Å²) >= 11 is 0. The quantitative estimate of drug-likeness (QED) is 0.903. The van der Waals surface area contributed by atoms with Gasteiger partial charge in [-0.05, 0) is 31.4 Å². The Morgan fingerprint density at radius 3 is 2.70 bits per heavy atom. The van der Waals surface area contributed by atoms with Crippen LogP contribution in [-0.4, -0.2) is 36.7 Å². The fourth-order valence-electron chi connectivity index (χ4n) is 2.89. The molecule has 1 fully saturated rings. The van der Waals surface area contributed by atoms with Crippen LogP contribution in [0.2, 0.25) is 0 Å². The number of furan rings is 1. The van der Waals surface area contributed by atoms with Crippen LogP contribution in [-0.2, 0) is 9.53 Å². The molecule has 0 radical (unpaired) electrons. The molecule has 1 aromatic carbocycles. The molecule has 1 aromatic heterocycles. The average Bonchev–Trinajstić information content (AvgIpc) is 2.99. The number of carboxylic acids is 1. The Bertz CT molecular complexity index is 743. The van der Waals surface area contributed by atoms with E-state index >= 15 is 0 Å². The van der Waals surface area contributed by atoms with Gasteiger partial charge in [0, 0.05) is 25.1 Å². The Labute approximate surface area is 133 Å². The van der Waals surface area contributed by atoms with Crippen molar-refractivity contribution in [3.05, 3.63) is 35.6 Å². The second-order valence-electron chi connectivity index (χ2n) is 5.98. The standard InChI is InChI=1S/C17H19NO5/c1-11-3-2-4-12-9-13(23-14(11)12)15(19)18-10-17(16(20)21)5-7-22-8-6-17/h2-4,9H,5-8,10H2,1H3,(H,18,19)(H,20,21). The maximum absolute atomic E-state index is 12.3. The SMILES string of the molecule is Cc1cccc2cc(C(=O)NCC3(C(=O)O)CCOCC3)oc12. The summed E-state index contributed by atoms with van der Waals surface area (Å²) in [6.45, 7) is 2.77. The van der Waals surface area contributed by atoms with Gasteiger partial charge in [0.1, 0.15) is 5.58 Å². The molecule has 1 saturated heterocycles. The highest BCUT2D eigenvalue weighted by molar-refractivity contribution is 5.96. The van der Waals surface area contributed by atoms with Crippen molar-refractivity contribution in [1.29, 1.82) is 0 Å². The van der Waals surface area contributed by atoms with Gasteiger partial charge in [0.05, 0.1) is 5.41 Å². The predicted molar refractivity (Wildman–Crippen MR) is 83.4 cm³/mol. The molecule has 0 unspecified atom stereocenters. The first kappa shape index (κ1) is 15.6. The Kier molecular flexibility index (Phi) is 4.09. The van der Waals surface area contributed by atoms with Gasteiger partial charge in [0.25, 0.3) is 5.91 Å². The molecule has 0 bridgehead atoms. The summed E-state index contributed by atoms with van der Waals surface area (Å²) in [5.41, 5.74) is 0.667. The molecule has 1 amide bonds. The average molecular weight is 317 g/mol. The molecule has 0 atom stereocenters. The number of ether oxygens (including phenoxy) is 1. The number of carboxylic acid groups (broad SMARTS) is 1. The first-order valence-corrected chi connectivity index (χ1v) is 7.60. The maximum atomic E-state index is 12.3. The van der Waals surface area contributed by atoms with E-state index in [0.29, 0.717) is 31.6 Å². The summed E-state index contributed by atoms with van der Waals surface area (Å²) in [5, 5.41) is 13.1. The zero-order valence-electron chi connectivity index (χ0n) is 12.9. The van der Waals surface area contributed by atoms with Crippen molar-refractivity contribution < 1.29 is 23.8 Å². The van der Waals surface area contributed by atoms with Crippen LogP contribution in [0.3, 0.4) is 0 Å². The number of hydrogen-bond donors (Lipinski definition) is 2. The Morgan fingerprint density at radius 1 is 1.30 bits per heavy atom. The molecule has 2 aromatic rings. The molecule has 2 N–H and O–H groups in total. The van der Waals surface area contributed by atoms with Gasteiger partial charge in [0.2, 0.25) is 0 Å². The number of benzene rings is 1. The van der Waals surface area contributed by atoms with Crippen molar-refractivity contribution in [3.8, 4) is 0 Å². The molecule has 23 heavy (non-hydrogen) atoms. The summed E-state index contributed by atoms with van der Waals surface area (Å²) < 4.78 is 10.8. The minimum absolute atomic E-state index is 0.0700. The number of aryl methyl sites for hydroxylation is 1. The highest BCUT2D eigenvalue weighted by Gasteiger charge is 2.40. The van der Waals surface area contributed by atoms with Gasteiger partial charge in [-0.25, -0.2) is 0 Å². The third-order valence-electron chi connectivity index (χ3n) is 4.46. The second-order valence-corrected chi connectivity index (χ2v) is 5.98. The van der Waals surface area contributed by atoms with E-state index in [9.17, 15) is 14.7 Å². The number of hydrogen-bond acceptors (Lipinski definition) is 4. The summed E-state index contributed by atoms with van der Waals surface area (Å²) in [5.74, 6) is -1.10. The van der Waals surface area contributed by atoms with Crippen molar-refractivity contribution in [3.63, 3.8) is 0 Å². The molecule has 6 heteroatoms. The van der Waals surface area contributed by atoms with Gasteiger partial charge in [0.15, 0.2) is 5.76 Å². The lowest BCUT2D eigenvalue weighted by Crippen LogP contribution is -2.46. The Hall–Kier alpha value is -2.34. The zero-order chi connectivity index (χ0) is 16.4. The lowest BCUT2D eigenvalue weighted by atomic mass is 9.80. The molecule has 1 aliphatic rings. The van der Waals surface area contributed by atoms with E-state index in [-0.39, 0.29) is 12.3 Å². The number of fused-ring (bicyclic) bond motifs is 1. The van der Waals surface area contributed by atoms with Gasteiger partial charge in [-0.15, -0.1) is 0 Å². The largest absolute Gasteiger partial charge is 0.481 e. The number of carbonyl (C=O) groups is 2. The molecular formula is C17H19NO5. The molecule has 6 nitrogen and oxygen atoms in total. The predicted octanol–water partition coefficient (Wildman–Crippen LogP) is 2.35. The van der Waals surface area contributed by atoms with Gasteiger partial charge in [-0.1, -0.05) is 18.2 Å². The number of aliphatic carboxylic acids is 1. The minimum atomic E-state index is -0.962. The van der Waals surface area contributed by atoms with E-state index in [0.717, 1.165) is 10.9 Å². The monoisotopic (exact) mass is 317 g/mol. The van der Waals surface area contributed by atoms with Crippen LogP contribution in [0.25, 0.3) is 11.0 Å². The van der Waals surface area contributed by atoms with Crippen LogP contribution >= 0.6 is 0 Å². The summed E-state index contributed by atoms with van der Waals surface area (Å²) in [6.07, 6.45) is 0.781. The number of rotatable bonds is 4. The Balaban J connectivity index is 1.75. The number of carbonyl (C=O) groups excluding carboxylic acids is 1. The van der Waals surface area contributed by atoms with Crippen molar-refractivity contribution in [2.75, 3.05) is 19.8 Å². The zero-order valence-corrected chi connectivity index (χ0v) is 12.9. The van der Waals surface area contributed by atoms with Crippen molar-refractivity contribution in [1.82, 2.24) is 5.32 Å². The third kappa shape index (κ3) is 2.94. The number of amides is 1. The molecule has 1 aliphatic heterocycles. The molecule has 0 aliphatic carbocycles. The lowest BCUT2D eigenvalue weighted by Gasteiger charge is -2.32. The maximum Gasteiger partial charge on any atom is 0.311 e. The topological polar surface area (TPSA) is 88.8 Å². The van der Waals surface area contributed by atoms with Crippen molar-refractivity contribution in [2.45, 2.75) is 19.8 Å². The minimum Gasteiger partial charge on any atom is -0.481 e.